The third-order valence-electron chi connectivity index (χ3n) is 3.93. The average molecular weight is 256 g/mol. The molecule has 102 valence electrons. The third kappa shape index (κ3) is 2.75. The van der Waals surface area contributed by atoms with Crippen LogP contribution in [0, 0.1) is 11.8 Å². The van der Waals surface area contributed by atoms with Gasteiger partial charge in [-0.1, -0.05) is 0 Å². The summed E-state index contributed by atoms with van der Waals surface area (Å²) in [6.07, 6.45) is 1.46. The van der Waals surface area contributed by atoms with Crippen molar-refractivity contribution in [3.63, 3.8) is 0 Å². The second-order valence-electron chi connectivity index (χ2n) is 4.93. The highest BCUT2D eigenvalue weighted by molar-refractivity contribution is 5.71. The summed E-state index contributed by atoms with van der Waals surface area (Å²) in [6, 6.07) is 0.318. The molecule has 3 atom stereocenters. The highest BCUT2D eigenvalue weighted by Crippen LogP contribution is 2.42. The fourth-order valence-corrected chi connectivity index (χ4v) is 3.22. The smallest absolute Gasteiger partial charge is 0.404 e. The molecule has 1 aliphatic heterocycles. The first kappa shape index (κ1) is 13.1. The van der Waals surface area contributed by atoms with Crippen molar-refractivity contribution in [1.82, 2.24) is 4.90 Å². The number of carbonyl (C=O) groups excluding carboxylic acids is 2. The molecule has 2 aliphatic rings. The molecule has 2 rings (SSSR count). The van der Waals surface area contributed by atoms with Gasteiger partial charge in [-0.25, -0.2) is 4.79 Å². The van der Waals surface area contributed by atoms with Gasteiger partial charge in [-0.15, -0.1) is 0 Å². The Morgan fingerprint density at radius 3 is 2.78 bits per heavy atom. The minimum Gasteiger partial charge on any atom is -0.465 e. The van der Waals surface area contributed by atoms with Crippen molar-refractivity contribution in [3.05, 3.63) is 0 Å². The topological polar surface area (TPSA) is 81.9 Å². The zero-order valence-electron chi connectivity index (χ0n) is 10.6. The lowest BCUT2D eigenvalue weighted by Crippen LogP contribution is -2.38. The largest absolute Gasteiger partial charge is 0.465 e. The SMILES string of the molecule is CCOC(=O)CN1CC2CCC1C2COC(N)=O. The first-order valence-electron chi connectivity index (χ1n) is 6.43. The Bertz CT molecular complexity index is 334. The van der Waals surface area contributed by atoms with Crippen molar-refractivity contribution in [3.8, 4) is 0 Å². The fraction of sp³-hybridized carbons (Fsp3) is 0.833. The van der Waals surface area contributed by atoms with E-state index in [0.29, 0.717) is 37.6 Å². The van der Waals surface area contributed by atoms with Crippen LogP contribution in [-0.4, -0.2) is 49.3 Å². The van der Waals surface area contributed by atoms with Gasteiger partial charge < -0.3 is 15.2 Å². The number of primary amides is 1. The van der Waals surface area contributed by atoms with E-state index in [-0.39, 0.29) is 5.97 Å². The number of nitrogens with two attached hydrogens (primary N) is 1. The molecule has 6 heteroatoms. The molecule has 0 aromatic rings. The van der Waals surface area contributed by atoms with Crippen LogP contribution in [0.4, 0.5) is 4.79 Å². The van der Waals surface area contributed by atoms with Crippen LogP contribution in [0.25, 0.3) is 0 Å². The number of rotatable bonds is 5. The average Bonchev–Trinajstić information content (AvgIpc) is 2.82. The molecule has 1 saturated heterocycles. The van der Waals surface area contributed by atoms with Gasteiger partial charge in [-0.2, -0.15) is 0 Å². The van der Waals surface area contributed by atoms with Crippen molar-refractivity contribution < 1.29 is 19.1 Å². The summed E-state index contributed by atoms with van der Waals surface area (Å²) in [5.41, 5.74) is 4.99. The number of esters is 1. The molecule has 1 amide bonds. The van der Waals surface area contributed by atoms with E-state index < -0.39 is 6.09 Å². The molecule has 0 radical (unpaired) electrons. The van der Waals surface area contributed by atoms with Gasteiger partial charge in [-0.05, 0) is 25.7 Å². The van der Waals surface area contributed by atoms with Gasteiger partial charge in [0.1, 0.15) is 0 Å². The van der Waals surface area contributed by atoms with Crippen LogP contribution in [0.15, 0.2) is 0 Å². The van der Waals surface area contributed by atoms with E-state index in [9.17, 15) is 9.59 Å². The molecule has 0 aromatic carbocycles. The lowest BCUT2D eigenvalue weighted by molar-refractivity contribution is -0.144. The monoisotopic (exact) mass is 256 g/mol. The Balaban J connectivity index is 1.86. The number of fused-ring (bicyclic) bond motifs is 2. The molecular weight excluding hydrogens is 236 g/mol. The summed E-state index contributed by atoms with van der Waals surface area (Å²) in [5, 5.41) is 0. The van der Waals surface area contributed by atoms with Crippen molar-refractivity contribution in [2.24, 2.45) is 17.6 Å². The molecule has 3 unspecified atom stereocenters. The maximum atomic E-state index is 11.5. The molecule has 2 N–H and O–H groups in total. The van der Waals surface area contributed by atoms with Gasteiger partial charge >= 0.3 is 12.1 Å². The number of likely N-dealkylation sites (tertiary alicyclic amines) is 1. The standard InChI is InChI=1S/C12H20N2O4/c1-2-17-11(15)6-14-5-8-3-4-10(14)9(8)7-18-12(13)16/h8-10H,2-7H2,1H3,(H2,13,16). The highest BCUT2D eigenvalue weighted by Gasteiger charge is 2.47. The molecule has 1 heterocycles. The molecule has 0 aromatic heterocycles. The molecule has 1 aliphatic carbocycles. The van der Waals surface area contributed by atoms with Gasteiger partial charge in [0.15, 0.2) is 0 Å². The lowest BCUT2D eigenvalue weighted by atomic mass is 9.99. The number of nitrogens with zero attached hydrogens (tertiary/aromatic N) is 1. The molecule has 6 nitrogen and oxygen atoms in total. The molecule has 1 saturated carbocycles. The first-order valence-corrected chi connectivity index (χ1v) is 6.43. The van der Waals surface area contributed by atoms with Gasteiger partial charge in [0.05, 0.1) is 19.8 Å². The number of hydrogen-bond donors (Lipinski definition) is 1. The van der Waals surface area contributed by atoms with Gasteiger partial charge in [0, 0.05) is 18.5 Å². The molecular formula is C12H20N2O4. The summed E-state index contributed by atoms with van der Waals surface area (Å²) in [5.74, 6) is 0.635. The van der Waals surface area contributed by atoms with E-state index in [4.69, 9.17) is 15.2 Å². The minimum atomic E-state index is -0.724. The van der Waals surface area contributed by atoms with Crippen LogP contribution in [0.2, 0.25) is 0 Å². The van der Waals surface area contributed by atoms with Crippen molar-refractivity contribution in [1.29, 1.82) is 0 Å². The van der Waals surface area contributed by atoms with E-state index in [1.165, 1.54) is 0 Å². The quantitative estimate of drug-likeness (QED) is 0.718. The van der Waals surface area contributed by atoms with Crippen molar-refractivity contribution >= 4 is 12.1 Å². The Morgan fingerprint density at radius 1 is 1.33 bits per heavy atom. The lowest BCUT2D eigenvalue weighted by Gasteiger charge is -2.26. The van der Waals surface area contributed by atoms with Gasteiger partial charge in [0.25, 0.3) is 0 Å². The van der Waals surface area contributed by atoms with E-state index in [2.05, 4.69) is 4.90 Å². The maximum absolute atomic E-state index is 11.5. The van der Waals surface area contributed by atoms with Crippen LogP contribution < -0.4 is 5.73 Å². The van der Waals surface area contributed by atoms with Crippen LogP contribution in [-0.2, 0) is 14.3 Å². The van der Waals surface area contributed by atoms with E-state index >= 15 is 0 Å². The van der Waals surface area contributed by atoms with Crippen LogP contribution >= 0.6 is 0 Å². The molecule has 2 fully saturated rings. The first-order chi connectivity index (χ1) is 8.61. The predicted octanol–water partition coefficient (Wildman–Crippen LogP) is 0.355. The Kier molecular flexibility index (Phi) is 4.06. The Labute approximate surface area is 106 Å². The van der Waals surface area contributed by atoms with E-state index in [0.717, 1.165) is 19.4 Å². The second kappa shape index (κ2) is 5.56. The third-order valence-corrected chi connectivity index (χ3v) is 3.93. The fourth-order valence-electron chi connectivity index (χ4n) is 3.22. The van der Waals surface area contributed by atoms with Crippen molar-refractivity contribution in [2.45, 2.75) is 25.8 Å². The van der Waals surface area contributed by atoms with Crippen LogP contribution in [0.3, 0.4) is 0 Å². The molecule has 0 spiro atoms. The maximum Gasteiger partial charge on any atom is 0.404 e. The summed E-state index contributed by atoms with van der Waals surface area (Å²) in [7, 11) is 0. The summed E-state index contributed by atoms with van der Waals surface area (Å²) >= 11 is 0. The van der Waals surface area contributed by atoms with Crippen LogP contribution in [0.1, 0.15) is 19.8 Å². The summed E-state index contributed by atoms with van der Waals surface area (Å²) < 4.78 is 9.86. The second-order valence-corrected chi connectivity index (χ2v) is 4.93. The van der Waals surface area contributed by atoms with Gasteiger partial charge in [-0.3, -0.25) is 9.69 Å². The van der Waals surface area contributed by atoms with E-state index in [1.54, 1.807) is 6.92 Å². The molecule has 2 bridgehead atoms. The number of carbonyl (C=O) groups is 2. The van der Waals surface area contributed by atoms with Crippen molar-refractivity contribution in [2.75, 3.05) is 26.3 Å². The normalized spacial score (nSPS) is 30.4. The number of amides is 1. The zero-order chi connectivity index (χ0) is 13.1. The summed E-state index contributed by atoms with van der Waals surface area (Å²) in [4.78, 5) is 24.3. The Morgan fingerprint density at radius 2 is 2.11 bits per heavy atom. The number of ether oxygens (including phenoxy) is 2. The minimum absolute atomic E-state index is 0.181. The highest BCUT2D eigenvalue weighted by atomic mass is 16.5. The summed E-state index contributed by atoms with van der Waals surface area (Å²) in [6.45, 7) is 3.80. The number of hydrogen-bond acceptors (Lipinski definition) is 5. The van der Waals surface area contributed by atoms with E-state index in [1.807, 2.05) is 0 Å². The zero-order valence-corrected chi connectivity index (χ0v) is 10.6. The van der Waals surface area contributed by atoms with Crippen LogP contribution in [0.5, 0.6) is 0 Å². The predicted molar refractivity (Wildman–Crippen MR) is 63.7 cm³/mol. The molecule has 18 heavy (non-hydrogen) atoms. The van der Waals surface area contributed by atoms with Gasteiger partial charge in [0.2, 0.25) is 0 Å². The number of piperidine rings is 1. The Hall–Kier alpha value is -1.30.